The zero-order valence-corrected chi connectivity index (χ0v) is 16.0. The van der Waals surface area contributed by atoms with Crippen molar-refractivity contribution < 1.29 is 14.3 Å². The van der Waals surface area contributed by atoms with E-state index in [2.05, 4.69) is 15.7 Å². The fourth-order valence-corrected chi connectivity index (χ4v) is 3.18. The van der Waals surface area contributed by atoms with Gasteiger partial charge in [0.1, 0.15) is 11.5 Å². The largest absolute Gasteiger partial charge is 0.497 e. The number of aromatic nitrogens is 2. The van der Waals surface area contributed by atoms with Crippen LogP contribution in [0.3, 0.4) is 0 Å². The maximum absolute atomic E-state index is 12.9. The third-order valence-electron chi connectivity index (χ3n) is 4.45. The van der Waals surface area contributed by atoms with Crippen LogP contribution in [-0.2, 0) is 11.8 Å². The van der Waals surface area contributed by atoms with E-state index in [9.17, 15) is 4.79 Å². The highest BCUT2D eigenvalue weighted by atomic mass is 35.5. The molecular weight excluding hydrogens is 356 g/mol. The summed E-state index contributed by atoms with van der Waals surface area (Å²) >= 11 is 0. The second-order valence-corrected chi connectivity index (χ2v) is 6.10. The molecule has 0 aliphatic carbocycles. The number of benzene rings is 1. The SMILES string of the molecule is CCOc1ccc(OC)cc1NC(=O)[C@H]1CNC[C@@H]1c1cnn(C)c1.Cl. The van der Waals surface area contributed by atoms with Crippen molar-refractivity contribution in [3.05, 3.63) is 36.2 Å². The monoisotopic (exact) mass is 380 g/mol. The van der Waals surface area contributed by atoms with Crippen LogP contribution in [0.1, 0.15) is 18.4 Å². The average molecular weight is 381 g/mol. The van der Waals surface area contributed by atoms with Crippen molar-refractivity contribution in [1.29, 1.82) is 0 Å². The third-order valence-corrected chi connectivity index (χ3v) is 4.45. The van der Waals surface area contributed by atoms with E-state index < -0.39 is 0 Å². The molecule has 1 aromatic heterocycles. The summed E-state index contributed by atoms with van der Waals surface area (Å²) in [5.41, 5.74) is 1.70. The van der Waals surface area contributed by atoms with Crippen LogP contribution in [0.5, 0.6) is 11.5 Å². The number of nitrogens with one attached hydrogen (secondary N) is 2. The molecule has 8 heteroatoms. The molecule has 2 atom stereocenters. The Balaban J connectivity index is 0.00000243. The van der Waals surface area contributed by atoms with Gasteiger partial charge in [-0.3, -0.25) is 9.48 Å². The Morgan fingerprint density at radius 2 is 2.23 bits per heavy atom. The lowest BCUT2D eigenvalue weighted by molar-refractivity contribution is -0.119. The molecule has 7 nitrogen and oxygen atoms in total. The Labute approximate surface area is 159 Å². The first-order valence-electron chi connectivity index (χ1n) is 8.43. The predicted octanol–water partition coefficient (Wildman–Crippen LogP) is 2.19. The van der Waals surface area contributed by atoms with E-state index in [1.165, 1.54) is 0 Å². The van der Waals surface area contributed by atoms with Crippen molar-refractivity contribution >= 4 is 24.0 Å². The van der Waals surface area contributed by atoms with Gasteiger partial charge in [-0.2, -0.15) is 5.10 Å². The maximum Gasteiger partial charge on any atom is 0.229 e. The number of hydrogen-bond donors (Lipinski definition) is 2. The lowest BCUT2D eigenvalue weighted by Crippen LogP contribution is -2.28. The normalized spacial score (nSPS) is 18.9. The number of ether oxygens (including phenoxy) is 2. The molecular formula is C18H25ClN4O3. The number of rotatable bonds is 6. The van der Waals surface area contributed by atoms with Crippen molar-refractivity contribution in [3.8, 4) is 11.5 Å². The number of aryl methyl sites for hydroxylation is 1. The zero-order chi connectivity index (χ0) is 17.8. The number of halogens is 1. The molecule has 1 amide bonds. The van der Waals surface area contributed by atoms with Crippen molar-refractivity contribution in [2.75, 3.05) is 32.1 Å². The van der Waals surface area contributed by atoms with Crippen LogP contribution < -0.4 is 20.1 Å². The summed E-state index contributed by atoms with van der Waals surface area (Å²) in [6.45, 7) is 3.84. The molecule has 1 aliphatic rings. The van der Waals surface area contributed by atoms with Gasteiger partial charge in [-0.1, -0.05) is 0 Å². The van der Waals surface area contributed by atoms with Crippen molar-refractivity contribution in [2.45, 2.75) is 12.8 Å². The predicted molar refractivity (Wildman–Crippen MR) is 102 cm³/mol. The highest BCUT2D eigenvalue weighted by Crippen LogP contribution is 2.32. The molecule has 142 valence electrons. The molecule has 2 N–H and O–H groups in total. The summed E-state index contributed by atoms with van der Waals surface area (Å²) in [6, 6.07) is 5.41. The molecule has 1 saturated heterocycles. The van der Waals surface area contributed by atoms with Crippen LogP contribution >= 0.6 is 12.4 Å². The molecule has 26 heavy (non-hydrogen) atoms. The van der Waals surface area contributed by atoms with Crippen molar-refractivity contribution in [2.24, 2.45) is 13.0 Å². The van der Waals surface area contributed by atoms with Crippen LogP contribution in [0.25, 0.3) is 0 Å². The van der Waals surface area contributed by atoms with Gasteiger partial charge in [0, 0.05) is 38.3 Å². The van der Waals surface area contributed by atoms with Gasteiger partial charge in [0.15, 0.2) is 0 Å². The Kier molecular flexibility index (Phi) is 6.88. The van der Waals surface area contributed by atoms with Crippen molar-refractivity contribution in [3.63, 3.8) is 0 Å². The molecule has 0 saturated carbocycles. The van der Waals surface area contributed by atoms with Gasteiger partial charge in [-0.25, -0.2) is 0 Å². The molecule has 2 aromatic rings. The minimum Gasteiger partial charge on any atom is -0.497 e. The summed E-state index contributed by atoms with van der Waals surface area (Å²) in [5, 5.41) is 10.5. The summed E-state index contributed by atoms with van der Waals surface area (Å²) < 4.78 is 12.6. The quantitative estimate of drug-likeness (QED) is 0.803. The van der Waals surface area contributed by atoms with Crippen LogP contribution in [-0.4, -0.2) is 42.5 Å². The lowest BCUT2D eigenvalue weighted by atomic mass is 9.90. The number of amides is 1. The number of hydrogen-bond acceptors (Lipinski definition) is 5. The van der Waals surface area contributed by atoms with Crippen LogP contribution in [0.15, 0.2) is 30.6 Å². The molecule has 0 unspecified atom stereocenters. The molecule has 1 fully saturated rings. The fourth-order valence-electron chi connectivity index (χ4n) is 3.18. The van der Waals surface area contributed by atoms with Gasteiger partial charge in [0.2, 0.25) is 5.91 Å². The summed E-state index contributed by atoms with van der Waals surface area (Å²) in [5.74, 6) is 1.22. The van der Waals surface area contributed by atoms with Gasteiger partial charge < -0.3 is 20.1 Å². The molecule has 3 rings (SSSR count). The molecule has 1 aliphatic heterocycles. The Morgan fingerprint density at radius 3 is 2.88 bits per heavy atom. The number of carbonyl (C=O) groups excluding carboxylic acids is 1. The first-order chi connectivity index (χ1) is 12.1. The fraction of sp³-hybridized carbons (Fsp3) is 0.444. The van der Waals surface area contributed by atoms with E-state index in [1.807, 2.05) is 38.5 Å². The first kappa shape index (κ1) is 20.1. The highest BCUT2D eigenvalue weighted by molar-refractivity contribution is 5.95. The summed E-state index contributed by atoms with van der Waals surface area (Å²) in [4.78, 5) is 12.9. The third kappa shape index (κ3) is 4.28. The minimum absolute atomic E-state index is 0. The topological polar surface area (TPSA) is 77.4 Å². The van der Waals surface area contributed by atoms with E-state index in [-0.39, 0.29) is 30.2 Å². The number of anilines is 1. The van der Waals surface area contributed by atoms with Crippen molar-refractivity contribution in [1.82, 2.24) is 15.1 Å². The lowest BCUT2D eigenvalue weighted by Gasteiger charge is -2.19. The van der Waals surface area contributed by atoms with Gasteiger partial charge in [0.05, 0.1) is 31.5 Å². The maximum atomic E-state index is 12.9. The van der Waals surface area contributed by atoms with E-state index in [4.69, 9.17) is 9.47 Å². The van der Waals surface area contributed by atoms with E-state index in [1.54, 1.807) is 17.9 Å². The number of methoxy groups -OCH3 is 1. The highest BCUT2D eigenvalue weighted by Gasteiger charge is 2.35. The molecule has 0 radical (unpaired) electrons. The second-order valence-electron chi connectivity index (χ2n) is 6.10. The Bertz CT molecular complexity index is 750. The number of carbonyl (C=O) groups is 1. The van der Waals surface area contributed by atoms with Gasteiger partial charge >= 0.3 is 0 Å². The van der Waals surface area contributed by atoms with E-state index in [0.717, 1.165) is 12.1 Å². The van der Waals surface area contributed by atoms with Gasteiger partial charge in [-0.15, -0.1) is 12.4 Å². The summed E-state index contributed by atoms with van der Waals surface area (Å²) in [6.07, 6.45) is 3.80. The molecule has 0 spiro atoms. The van der Waals surface area contributed by atoms with E-state index >= 15 is 0 Å². The Hall–Kier alpha value is -2.25. The average Bonchev–Trinajstić information content (AvgIpc) is 3.25. The van der Waals surface area contributed by atoms with Gasteiger partial charge in [-0.05, 0) is 24.6 Å². The first-order valence-corrected chi connectivity index (χ1v) is 8.43. The zero-order valence-electron chi connectivity index (χ0n) is 15.2. The Morgan fingerprint density at radius 1 is 1.42 bits per heavy atom. The number of nitrogens with zero attached hydrogens (tertiary/aromatic N) is 2. The van der Waals surface area contributed by atoms with Gasteiger partial charge in [0.25, 0.3) is 0 Å². The van der Waals surface area contributed by atoms with E-state index in [0.29, 0.717) is 30.3 Å². The molecule has 0 bridgehead atoms. The summed E-state index contributed by atoms with van der Waals surface area (Å²) in [7, 11) is 3.48. The molecule has 1 aromatic carbocycles. The van der Waals surface area contributed by atoms with Crippen LogP contribution in [0.4, 0.5) is 5.69 Å². The second kappa shape index (κ2) is 8.91. The van der Waals surface area contributed by atoms with Crippen LogP contribution in [0.2, 0.25) is 0 Å². The standard InChI is InChI=1S/C18H24N4O3.ClH/c1-4-25-17-6-5-13(24-3)7-16(17)21-18(23)15-10-19-9-14(15)12-8-20-22(2)11-12;/h5-8,11,14-15,19H,4,9-10H2,1-3H3,(H,21,23);1H/t14-,15+;/m1./s1. The smallest absolute Gasteiger partial charge is 0.229 e. The molecule has 2 heterocycles. The minimum atomic E-state index is -0.162. The van der Waals surface area contributed by atoms with Crippen LogP contribution in [0, 0.1) is 5.92 Å².